The Hall–Kier alpha value is -0.430. The quantitative estimate of drug-likeness (QED) is 0.720. The number of aryl methyl sites for hydroxylation is 3. The van der Waals surface area contributed by atoms with E-state index in [9.17, 15) is 0 Å². The third kappa shape index (κ3) is 2.33. The molecule has 0 spiro atoms. The van der Waals surface area contributed by atoms with E-state index < -0.39 is 0 Å². The fourth-order valence-electron chi connectivity index (χ4n) is 2.23. The highest BCUT2D eigenvalue weighted by Crippen LogP contribution is 2.22. The van der Waals surface area contributed by atoms with E-state index in [4.69, 9.17) is 0 Å². The Balaban J connectivity index is 2.12. The molecule has 0 bridgehead atoms. The predicted octanol–water partition coefficient (Wildman–Crippen LogP) is 3.43. The third-order valence-corrected chi connectivity index (χ3v) is 3.35. The van der Waals surface area contributed by atoms with Crippen LogP contribution < -0.4 is 0 Å². The van der Waals surface area contributed by atoms with Gasteiger partial charge in [0.2, 0.25) is 0 Å². The zero-order valence-corrected chi connectivity index (χ0v) is 9.52. The van der Waals surface area contributed by atoms with Crippen LogP contribution in [0, 0.1) is 0 Å². The first-order valence-corrected chi connectivity index (χ1v) is 6.25. The normalized spacial score (nSPS) is 15.2. The van der Waals surface area contributed by atoms with E-state index in [2.05, 4.69) is 30.8 Å². The first kappa shape index (κ1) is 10.1. The van der Waals surface area contributed by atoms with E-state index >= 15 is 0 Å². The van der Waals surface area contributed by atoms with Gasteiger partial charge >= 0.3 is 0 Å². The summed E-state index contributed by atoms with van der Waals surface area (Å²) in [4.78, 5) is 0. The smallest absolute Gasteiger partial charge is 0.00947 e. The van der Waals surface area contributed by atoms with Crippen molar-refractivity contribution in [1.82, 2.24) is 0 Å². The van der Waals surface area contributed by atoms with E-state index in [0.29, 0.717) is 0 Å². The molecule has 76 valence electrons. The number of rotatable bonds is 3. The molecule has 0 fully saturated rings. The van der Waals surface area contributed by atoms with Crippen LogP contribution in [0.1, 0.15) is 36.0 Å². The summed E-state index contributed by atoms with van der Waals surface area (Å²) in [7, 11) is 0. The molecule has 0 amide bonds. The molecule has 0 aliphatic heterocycles. The zero-order valence-electron chi connectivity index (χ0n) is 8.63. The molecule has 1 aromatic rings. The van der Waals surface area contributed by atoms with Crippen LogP contribution >= 0.6 is 12.6 Å². The van der Waals surface area contributed by atoms with Gasteiger partial charge in [-0.05, 0) is 61.0 Å². The average molecular weight is 206 g/mol. The lowest BCUT2D eigenvalue weighted by Gasteiger charge is -2.16. The molecule has 0 atom stereocenters. The number of hydrogen-bond acceptors (Lipinski definition) is 1. The molecule has 0 saturated heterocycles. The van der Waals surface area contributed by atoms with Gasteiger partial charge in [0.15, 0.2) is 0 Å². The van der Waals surface area contributed by atoms with Crippen LogP contribution in [0.25, 0.3) is 0 Å². The molecular formula is C13H18S. The molecule has 0 nitrogen and oxygen atoms in total. The summed E-state index contributed by atoms with van der Waals surface area (Å²) in [6, 6.07) is 7.05. The van der Waals surface area contributed by atoms with Gasteiger partial charge in [0.1, 0.15) is 0 Å². The van der Waals surface area contributed by atoms with Crippen LogP contribution in [0.4, 0.5) is 0 Å². The summed E-state index contributed by atoms with van der Waals surface area (Å²) in [6.45, 7) is 0. The van der Waals surface area contributed by atoms with Crippen molar-refractivity contribution >= 4 is 12.6 Å². The Bertz CT molecular complexity index is 304. The average Bonchev–Trinajstić information content (AvgIpc) is 2.26. The lowest BCUT2D eigenvalue weighted by atomic mass is 9.90. The molecular weight excluding hydrogens is 188 g/mol. The highest BCUT2D eigenvalue weighted by molar-refractivity contribution is 7.80. The van der Waals surface area contributed by atoms with Crippen molar-refractivity contribution < 1.29 is 0 Å². The summed E-state index contributed by atoms with van der Waals surface area (Å²) < 4.78 is 0. The second-order valence-corrected chi connectivity index (χ2v) is 4.58. The second kappa shape index (κ2) is 4.88. The number of benzene rings is 1. The second-order valence-electron chi connectivity index (χ2n) is 4.14. The van der Waals surface area contributed by atoms with E-state index in [0.717, 1.165) is 5.75 Å². The van der Waals surface area contributed by atoms with E-state index in [1.165, 1.54) is 44.1 Å². The van der Waals surface area contributed by atoms with E-state index in [1.807, 2.05) is 0 Å². The van der Waals surface area contributed by atoms with Gasteiger partial charge in [-0.15, -0.1) is 0 Å². The van der Waals surface area contributed by atoms with Gasteiger partial charge in [-0.2, -0.15) is 12.6 Å². The monoisotopic (exact) mass is 206 g/mol. The van der Waals surface area contributed by atoms with Crippen molar-refractivity contribution in [3.8, 4) is 0 Å². The molecule has 0 aromatic heterocycles. The summed E-state index contributed by atoms with van der Waals surface area (Å²) >= 11 is 4.25. The first-order chi connectivity index (χ1) is 6.90. The number of fused-ring (bicyclic) bond motifs is 1. The SMILES string of the molecule is SCCCc1ccc2c(c1)CCCC2. The Morgan fingerprint density at radius 2 is 1.86 bits per heavy atom. The van der Waals surface area contributed by atoms with Crippen molar-refractivity contribution in [2.75, 3.05) is 5.75 Å². The van der Waals surface area contributed by atoms with E-state index in [-0.39, 0.29) is 0 Å². The van der Waals surface area contributed by atoms with Crippen LogP contribution in [0.15, 0.2) is 18.2 Å². The van der Waals surface area contributed by atoms with Gasteiger partial charge in [0.25, 0.3) is 0 Å². The Morgan fingerprint density at radius 1 is 1.07 bits per heavy atom. The third-order valence-electron chi connectivity index (χ3n) is 3.04. The summed E-state index contributed by atoms with van der Waals surface area (Å²) in [5.74, 6) is 0.997. The van der Waals surface area contributed by atoms with Crippen LogP contribution in [0.2, 0.25) is 0 Å². The van der Waals surface area contributed by atoms with Crippen molar-refractivity contribution in [2.45, 2.75) is 38.5 Å². The van der Waals surface area contributed by atoms with Gasteiger partial charge in [-0.3, -0.25) is 0 Å². The Kier molecular flexibility index (Phi) is 3.52. The van der Waals surface area contributed by atoms with Crippen molar-refractivity contribution in [3.63, 3.8) is 0 Å². The maximum atomic E-state index is 4.25. The highest BCUT2D eigenvalue weighted by Gasteiger charge is 2.08. The molecule has 0 heterocycles. The zero-order chi connectivity index (χ0) is 9.80. The fourth-order valence-corrected chi connectivity index (χ4v) is 2.38. The molecule has 0 unspecified atom stereocenters. The molecule has 0 radical (unpaired) electrons. The molecule has 1 aliphatic carbocycles. The van der Waals surface area contributed by atoms with Crippen LogP contribution in [-0.2, 0) is 19.3 Å². The summed E-state index contributed by atoms with van der Waals surface area (Å²) in [5, 5.41) is 0. The van der Waals surface area contributed by atoms with Gasteiger partial charge in [-0.25, -0.2) is 0 Å². The van der Waals surface area contributed by atoms with Gasteiger partial charge < -0.3 is 0 Å². The molecule has 14 heavy (non-hydrogen) atoms. The minimum absolute atomic E-state index is 0.997. The number of thiol groups is 1. The van der Waals surface area contributed by atoms with Crippen molar-refractivity contribution in [3.05, 3.63) is 34.9 Å². The maximum absolute atomic E-state index is 4.25. The Labute approximate surface area is 92.1 Å². The predicted molar refractivity (Wildman–Crippen MR) is 65.3 cm³/mol. The van der Waals surface area contributed by atoms with Crippen molar-refractivity contribution in [1.29, 1.82) is 0 Å². The summed E-state index contributed by atoms with van der Waals surface area (Å²) in [6.07, 6.45) is 7.73. The standard InChI is InChI=1S/C13H18S/c14-9-3-4-11-7-8-12-5-1-2-6-13(12)10-11/h7-8,10,14H,1-6,9H2. The molecule has 1 aromatic carbocycles. The molecule has 0 N–H and O–H groups in total. The topological polar surface area (TPSA) is 0 Å². The molecule has 1 heteroatoms. The largest absolute Gasteiger partial charge is 0.179 e. The molecule has 1 aliphatic rings. The minimum atomic E-state index is 0.997. The maximum Gasteiger partial charge on any atom is -0.00947 e. The fraction of sp³-hybridized carbons (Fsp3) is 0.538. The minimum Gasteiger partial charge on any atom is -0.179 e. The first-order valence-electron chi connectivity index (χ1n) is 5.61. The lowest BCUT2D eigenvalue weighted by Crippen LogP contribution is -2.03. The van der Waals surface area contributed by atoms with Crippen LogP contribution in [0.5, 0.6) is 0 Å². The Morgan fingerprint density at radius 3 is 2.64 bits per heavy atom. The van der Waals surface area contributed by atoms with Gasteiger partial charge in [0.05, 0.1) is 0 Å². The highest BCUT2D eigenvalue weighted by atomic mass is 32.1. The number of hydrogen-bond donors (Lipinski definition) is 1. The van der Waals surface area contributed by atoms with E-state index in [1.54, 1.807) is 11.1 Å². The summed E-state index contributed by atoms with van der Waals surface area (Å²) in [5.41, 5.74) is 4.69. The van der Waals surface area contributed by atoms with Crippen molar-refractivity contribution in [2.24, 2.45) is 0 Å². The lowest BCUT2D eigenvalue weighted by molar-refractivity contribution is 0.684. The molecule has 0 saturated carbocycles. The van der Waals surface area contributed by atoms with Gasteiger partial charge in [0, 0.05) is 0 Å². The molecule has 2 rings (SSSR count). The van der Waals surface area contributed by atoms with Gasteiger partial charge in [-0.1, -0.05) is 18.2 Å². The van der Waals surface area contributed by atoms with Crippen LogP contribution in [0.3, 0.4) is 0 Å². The van der Waals surface area contributed by atoms with Crippen LogP contribution in [-0.4, -0.2) is 5.75 Å².